The molecule has 0 amide bonds. The van der Waals surface area contributed by atoms with Crippen molar-refractivity contribution in [3.05, 3.63) is 11.8 Å². The van der Waals surface area contributed by atoms with Crippen molar-refractivity contribution in [3.8, 4) is 0 Å². The third kappa shape index (κ3) is 3.34. The number of aryl methyl sites for hydroxylation is 2. The van der Waals surface area contributed by atoms with E-state index in [1.807, 2.05) is 23.5 Å². The van der Waals surface area contributed by atoms with Gasteiger partial charge in [-0.15, -0.1) is 11.8 Å². The number of thioether (sulfide) groups is 1. The van der Waals surface area contributed by atoms with Crippen LogP contribution in [0, 0.1) is 12.3 Å². The minimum Gasteiger partial charge on any atom is -0.313 e. The van der Waals surface area contributed by atoms with Crippen LogP contribution >= 0.6 is 11.8 Å². The van der Waals surface area contributed by atoms with Gasteiger partial charge in [0.05, 0.1) is 10.7 Å². The Labute approximate surface area is 121 Å². The van der Waals surface area contributed by atoms with E-state index in [-0.39, 0.29) is 0 Å². The van der Waals surface area contributed by atoms with Crippen molar-refractivity contribution >= 4 is 11.8 Å². The van der Waals surface area contributed by atoms with Crippen LogP contribution in [0.5, 0.6) is 0 Å². The molecule has 1 heterocycles. The number of hydrogen-bond donors (Lipinski definition) is 1. The highest BCUT2D eigenvalue weighted by Crippen LogP contribution is 2.42. The molecule has 0 aromatic carbocycles. The van der Waals surface area contributed by atoms with E-state index in [0.717, 1.165) is 12.2 Å². The van der Waals surface area contributed by atoms with Crippen LogP contribution in [-0.4, -0.2) is 27.6 Å². The lowest BCUT2D eigenvalue weighted by Crippen LogP contribution is -2.51. The SMILES string of the molecule is CCNC1C(Sc2cc(C)nn2C)CCCC1(C)C. The highest BCUT2D eigenvalue weighted by Gasteiger charge is 2.39. The first kappa shape index (κ1) is 14.9. The summed E-state index contributed by atoms with van der Waals surface area (Å²) in [5, 5.41) is 10.1. The molecule has 0 bridgehead atoms. The summed E-state index contributed by atoms with van der Waals surface area (Å²) in [4.78, 5) is 0. The van der Waals surface area contributed by atoms with Crippen molar-refractivity contribution in [2.75, 3.05) is 6.54 Å². The van der Waals surface area contributed by atoms with Crippen molar-refractivity contribution in [1.29, 1.82) is 0 Å². The zero-order chi connectivity index (χ0) is 14.0. The van der Waals surface area contributed by atoms with Gasteiger partial charge in [-0.05, 0) is 37.8 Å². The van der Waals surface area contributed by atoms with Crippen molar-refractivity contribution in [2.45, 2.75) is 63.3 Å². The molecule has 2 rings (SSSR count). The molecule has 1 N–H and O–H groups in total. The lowest BCUT2D eigenvalue weighted by molar-refractivity contribution is 0.176. The van der Waals surface area contributed by atoms with Crippen LogP contribution in [0.2, 0.25) is 0 Å². The normalized spacial score (nSPS) is 26.6. The van der Waals surface area contributed by atoms with Crippen molar-refractivity contribution in [3.63, 3.8) is 0 Å². The van der Waals surface area contributed by atoms with Crippen molar-refractivity contribution in [1.82, 2.24) is 15.1 Å². The van der Waals surface area contributed by atoms with Crippen molar-refractivity contribution < 1.29 is 0 Å². The Morgan fingerprint density at radius 2 is 2.26 bits per heavy atom. The second kappa shape index (κ2) is 5.88. The summed E-state index contributed by atoms with van der Waals surface area (Å²) < 4.78 is 2.02. The minimum atomic E-state index is 0.388. The van der Waals surface area contributed by atoms with Gasteiger partial charge in [-0.2, -0.15) is 5.10 Å². The molecule has 0 spiro atoms. The van der Waals surface area contributed by atoms with Gasteiger partial charge < -0.3 is 5.32 Å². The van der Waals surface area contributed by atoms with E-state index >= 15 is 0 Å². The third-order valence-corrected chi connectivity index (χ3v) is 5.61. The first-order valence-electron chi connectivity index (χ1n) is 7.34. The van der Waals surface area contributed by atoms with Crippen LogP contribution in [0.3, 0.4) is 0 Å². The summed E-state index contributed by atoms with van der Waals surface area (Å²) >= 11 is 2.00. The molecule has 0 radical (unpaired) electrons. The fourth-order valence-electron chi connectivity index (χ4n) is 3.19. The van der Waals surface area contributed by atoms with Crippen LogP contribution < -0.4 is 5.32 Å². The maximum Gasteiger partial charge on any atom is 0.0942 e. The van der Waals surface area contributed by atoms with Gasteiger partial charge in [-0.3, -0.25) is 4.68 Å². The smallest absolute Gasteiger partial charge is 0.0942 e. The van der Waals surface area contributed by atoms with Crippen LogP contribution in [0.25, 0.3) is 0 Å². The summed E-state index contributed by atoms with van der Waals surface area (Å²) in [5.41, 5.74) is 1.50. The molecule has 2 atom stereocenters. The summed E-state index contributed by atoms with van der Waals surface area (Å²) in [6.07, 6.45) is 3.96. The van der Waals surface area contributed by atoms with Crippen LogP contribution in [0.4, 0.5) is 0 Å². The van der Waals surface area contributed by atoms with Gasteiger partial charge in [0.2, 0.25) is 0 Å². The molecule has 19 heavy (non-hydrogen) atoms. The Hall–Kier alpha value is -0.480. The highest BCUT2D eigenvalue weighted by atomic mass is 32.2. The molecule has 0 aliphatic heterocycles. The molecule has 2 unspecified atom stereocenters. The molecule has 1 aromatic heterocycles. The molecule has 3 nitrogen and oxygen atoms in total. The molecule has 1 aliphatic rings. The third-order valence-electron chi connectivity index (χ3n) is 4.18. The van der Waals surface area contributed by atoms with Gasteiger partial charge in [0.1, 0.15) is 0 Å². The number of aromatic nitrogens is 2. The first-order valence-corrected chi connectivity index (χ1v) is 8.22. The Bertz CT molecular complexity index is 425. The highest BCUT2D eigenvalue weighted by molar-refractivity contribution is 7.99. The Kier molecular flexibility index (Phi) is 4.62. The number of hydrogen-bond acceptors (Lipinski definition) is 3. The molecule has 1 fully saturated rings. The molecule has 1 saturated carbocycles. The predicted molar refractivity (Wildman–Crippen MR) is 82.7 cm³/mol. The first-order chi connectivity index (χ1) is 8.94. The standard InChI is InChI=1S/C15H27N3S/c1-6-16-14-12(8-7-9-15(14,3)4)19-13-10-11(2)17-18(13)5/h10,12,14,16H,6-9H2,1-5H3. The van der Waals surface area contributed by atoms with E-state index in [1.165, 1.54) is 24.3 Å². The quantitative estimate of drug-likeness (QED) is 0.917. The average Bonchev–Trinajstić information content (AvgIpc) is 2.62. The minimum absolute atomic E-state index is 0.388. The van der Waals surface area contributed by atoms with Gasteiger partial charge >= 0.3 is 0 Å². The average molecular weight is 281 g/mol. The summed E-state index contributed by atoms with van der Waals surface area (Å²) in [5.74, 6) is 0. The Morgan fingerprint density at radius 1 is 1.53 bits per heavy atom. The second-order valence-corrected chi connectivity index (χ2v) is 7.58. The van der Waals surface area contributed by atoms with Gasteiger partial charge in [-0.25, -0.2) is 0 Å². The maximum atomic E-state index is 4.46. The fourth-order valence-corrected chi connectivity index (χ4v) is 4.82. The van der Waals surface area contributed by atoms with Crippen LogP contribution in [0.15, 0.2) is 11.1 Å². The van der Waals surface area contributed by atoms with E-state index in [4.69, 9.17) is 0 Å². The molecule has 1 aromatic rings. The molecule has 108 valence electrons. The van der Waals surface area contributed by atoms with E-state index in [2.05, 4.69) is 44.2 Å². The molecule has 4 heteroatoms. The van der Waals surface area contributed by atoms with Crippen LogP contribution in [0.1, 0.15) is 45.7 Å². The van der Waals surface area contributed by atoms with E-state index < -0.39 is 0 Å². The van der Waals surface area contributed by atoms with Crippen LogP contribution in [-0.2, 0) is 7.05 Å². The second-order valence-electron chi connectivity index (χ2n) is 6.32. The molecular weight excluding hydrogens is 254 g/mol. The van der Waals surface area contributed by atoms with E-state index in [1.54, 1.807) is 0 Å². The van der Waals surface area contributed by atoms with Crippen molar-refractivity contribution in [2.24, 2.45) is 12.5 Å². The number of nitrogens with one attached hydrogen (secondary N) is 1. The Balaban J connectivity index is 2.14. The molecule has 1 aliphatic carbocycles. The van der Waals surface area contributed by atoms with Gasteiger partial charge in [-0.1, -0.05) is 27.2 Å². The zero-order valence-electron chi connectivity index (χ0n) is 12.9. The maximum absolute atomic E-state index is 4.46. The van der Waals surface area contributed by atoms with Gasteiger partial charge in [0, 0.05) is 18.3 Å². The topological polar surface area (TPSA) is 29.9 Å². The summed E-state index contributed by atoms with van der Waals surface area (Å²) in [6, 6.07) is 2.79. The predicted octanol–water partition coefficient (Wildman–Crippen LogP) is 3.38. The fraction of sp³-hybridized carbons (Fsp3) is 0.800. The lowest BCUT2D eigenvalue weighted by Gasteiger charge is -2.44. The van der Waals surface area contributed by atoms with Gasteiger partial charge in [0.25, 0.3) is 0 Å². The largest absolute Gasteiger partial charge is 0.313 e. The summed E-state index contributed by atoms with van der Waals surface area (Å²) in [6.45, 7) is 10.1. The Morgan fingerprint density at radius 3 is 2.84 bits per heavy atom. The molecular formula is C15H27N3S. The van der Waals surface area contributed by atoms with Gasteiger partial charge in [0.15, 0.2) is 0 Å². The number of rotatable bonds is 4. The zero-order valence-corrected chi connectivity index (χ0v) is 13.7. The number of nitrogens with zero attached hydrogens (tertiary/aromatic N) is 2. The lowest BCUT2D eigenvalue weighted by atomic mass is 9.73. The monoisotopic (exact) mass is 281 g/mol. The van der Waals surface area contributed by atoms with E-state index in [9.17, 15) is 0 Å². The molecule has 0 saturated heterocycles. The summed E-state index contributed by atoms with van der Waals surface area (Å²) in [7, 11) is 2.05. The van der Waals surface area contributed by atoms with E-state index in [0.29, 0.717) is 16.7 Å².